The number of hydrogen-bond acceptors (Lipinski definition) is 6. The maximum Gasteiger partial charge on any atom is 0.280 e. The van der Waals surface area contributed by atoms with Gasteiger partial charge >= 0.3 is 0 Å². The van der Waals surface area contributed by atoms with Crippen LogP contribution in [0.5, 0.6) is 0 Å². The van der Waals surface area contributed by atoms with Gasteiger partial charge in [-0.15, -0.1) is 11.3 Å². The molecule has 1 aliphatic carbocycles. The van der Waals surface area contributed by atoms with Gasteiger partial charge < -0.3 is 4.42 Å². The number of fused-ring (bicyclic) bond motifs is 1. The summed E-state index contributed by atoms with van der Waals surface area (Å²) < 4.78 is 5.79. The van der Waals surface area contributed by atoms with Gasteiger partial charge in [-0.05, 0) is 54.4 Å². The molecule has 4 rings (SSSR count). The number of nitriles is 1. The second-order valence-corrected chi connectivity index (χ2v) is 9.92. The number of furan rings is 1. The molecule has 7 heteroatoms. The molecular formula is C24H23N3O3S. The molecule has 1 atom stereocenters. The maximum absolute atomic E-state index is 11.3. The van der Waals surface area contributed by atoms with E-state index in [-0.39, 0.29) is 11.1 Å². The van der Waals surface area contributed by atoms with E-state index >= 15 is 0 Å². The predicted octanol–water partition coefficient (Wildman–Crippen LogP) is 6.69. The standard InChI is InChI=1S/C24H23N3O3S/c1-24(2,3)15-8-10-17-19(13-25)23(31-22(17)12-15)26-14-16-9-11-21(30-16)18-6-4-5-7-20(18)27(28)29/h4-7,9,11,14-15H,8,10,12H2,1-3H3/t15-/m1/s1. The summed E-state index contributed by atoms with van der Waals surface area (Å²) in [5.74, 6) is 1.49. The Bertz CT molecular complexity index is 1210. The average molecular weight is 434 g/mol. The van der Waals surface area contributed by atoms with Crippen LogP contribution in [-0.2, 0) is 12.8 Å². The normalized spacial score (nSPS) is 16.3. The maximum atomic E-state index is 11.3. The smallest absolute Gasteiger partial charge is 0.280 e. The summed E-state index contributed by atoms with van der Waals surface area (Å²) in [7, 11) is 0. The van der Waals surface area contributed by atoms with Gasteiger partial charge in [-0.3, -0.25) is 10.1 Å². The first-order valence-electron chi connectivity index (χ1n) is 10.2. The van der Waals surface area contributed by atoms with Gasteiger partial charge in [0.25, 0.3) is 5.69 Å². The van der Waals surface area contributed by atoms with Crippen molar-refractivity contribution in [3.63, 3.8) is 0 Å². The van der Waals surface area contributed by atoms with Crippen molar-refractivity contribution in [1.82, 2.24) is 0 Å². The Balaban J connectivity index is 1.61. The lowest BCUT2D eigenvalue weighted by molar-refractivity contribution is -0.384. The van der Waals surface area contributed by atoms with Crippen LogP contribution in [0.2, 0.25) is 0 Å². The van der Waals surface area contributed by atoms with Crippen molar-refractivity contribution in [2.24, 2.45) is 16.3 Å². The van der Waals surface area contributed by atoms with Crippen molar-refractivity contribution in [2.45, 2.75) is 40.0 Å². The van der Waals surface area contributed by atoms with E-state index in [1.54, 1.807) is 47.9 Å². The molecule has 0 bridgehead atoms. The third kappa shape index (κ3) is 4.17. The number of nitro groups is 1. The molecule has 0 N–H and O–H groups in total. The highest BCUT2D eigenvalue weighted by Gasteiger charge is 2.32. The quantitative estimate of drug-likeness (QED) is 0.260. The van der Waals surface area contributed by atoms with E-state index in [9.17, 15) is 15.4 Å². The Labute approximate surface area is 185 Å². The Morgan fingerprint density at radius 3 is 2.77 bits per heavy atom. The molecule has 0 unspecified atom stereocenters. The van der Waals surface area contributed by atoms with Crippen LogP contribution in [0.1, 0.15) is 49.0 Å². The molecule has 0 fully saturated rings. The Kier molecular flexibility index (Phi) is 5.50. The fourth-order valence-electron chi connectivity index (χ4n) is 4.05. The molecule has 0 aliphatic heterocycles. The second kappa shape index (κ2) is 8.12. The third-order valence-corrected chi connectivity index (χ3v) is 7.05. The molecule has 2 aromatic heterocycles. The molecule has 158 valence electrons. The minimum atomic E-state index is -0.425. The zero-order valence-corrected chi connectivity index (χ0v) is 18.5. The molecule has 0 saturated heterocycles. The molecule has 6 nitrogen and oxygen atoms in total. The van der Waals surface area contributed by atoms with E-state index in [2.05, 4.69) is 31.8 Å². The van der Waals surface area contributed by atoms with Crippen molar-refractivity contribution in [3.05, 3.63) is 68.3 Å². The van der Waals surface area contributed by atoms with Crippen molar-refractivity contribution in [1.29, 1.82) is 5.26 Å². The monoisotopic (exact) mass is 433 g/mol. The summed E-state index contributed by atoms with van der Waals surface area (Å²) in [5.41, 5.74) is 2.45. The SMILES string of the molecule is CC(C)(C)[C@@H]1CCc2c(sc(N=Cc3ccc(-c4ccccc4[N+](=O)[O-])o3)c2C#N)C1. The van der Waals surface area contributed by atoms with E-state index in [1.165, 1.54) is 10.9 Å². The Morgan fingerprint density at radius 2 is 2.06 bits per heavy atom. The van der Waals surface area contributed by atoms with Gasteiger partial charge in [-0.1, -0.05) is 32.9 Å². The van der Waals surface area contributed by atoms with Gasteiger partial charge in [0.05, 0.1) is 22.3 Å². The van der Waals surface area contributed by atoms with Gasteiger partial charge in [0.2, 0.25) is 0 Å². The van der Waals surface area contributed by atoms with Gasteiger partial charge in [-0.2, -0.15) is 5.26 Å². The number of rotatable bonds is 4. The van der Waals surface area contributed by atoms with Crippen LogP contribution in [0.4, 0.5) is 10.7 Å². The van der Waals surface area contributed by atoms with Crippen molar-refractivity contribution < 1.29 is 9.34 Å². The number of para-hydroxylation sites is 1. The minimum Gasteiger partial charge on any atom is -0.455 e. The van der Waals surface area contributed by atoms with E-state index in [1.807, 2.05) is 0 Å². The molecule has 0 spiro atoms. The highest BCUT2D eigenvalue weighted by molar-refractivity contribution is 7.16. The molecule has 2 heterocycles. The summed E-state index contributed by atoms with van der Waals surface area (Å²) in [6, 6.07) is 12.2. The predicted molar refractivity (Wildman–Crippen MR) is 122 cm³/mol. The van der Waals surface area contributed by atoms with E-state index in [0.29, 0.717) is 33.6 Å². The number of nitrogens with zero attached hydrogens (tertiary/aromatic N) is 3. The average Bonchev–Trinajstić information content (AvgIpc) is 3.35. The third-order valence-electron chi connectivity index (χ3n) is 5.89. The molecule has 0 amide bonds. The number of nitro benzene ring substituents is 1. The first-order valence-corrected chi connectivity index (χ1v) is 11.0. The summed E-state index contributed by atoms with van der Waals surface area (Å²) >= 11 is 1.58. The fourth-order valence-corrected chi connectivity index (χ4v) is 5.27. The summed E-state index contributed by atoms with van der Waals surface area (Å²) in [4.78, 5) is 16.7. The molecule has 31 heavy (non-hydrogen) atoms. The summed E-state index contributed by atoms with van der Waals surface area (Å²) in [5, 5.41) is 21.7. The first-order chi connectivity index (χ1) is 14.8. The van der Waals surface area contributed by atoms with Gasteiger partial charge in [0.1, 0.15) is 22.6 Å². The number of aliphatic imine (C=N–C) groups is 1. The summed E-state index contributed by atoms with van der Waals surface area (Å²) in [6.07, 6.45) is 4.56. The largest absolute Gasteiger partial charge is 0.455 e. The lowest BCUT2D eigenvalue weighted by Crippen LogP contribution is -2.26. The van der Waals surface area contributed by atoms with Crippen LogP contribution in [0.15, 0.2) is 45.8 Å². The van der Waals surface area contributed by atoms with E-state index in [4.69, 9.17) is 4.42 Å². The Morgan fingerprint density at radius 1 is 1.29 bits per heavy atom. The van der Waals surface area contributed by atoms with Crippen LogP contribution >= 0.6 is 11.3 Å². The molecule has 1 aliphatic rings. The molecular weight excluding hydrogens is 410 g/mol. The van der Waals surface area contributed by atoms with Crippen LogP contribution in [0.3, 0.4) is 0 Å². The molecule has 1 aromatic carbocycles. The fraction of sp³-hybridized carbons (Fsp3) is 0.333. The van der Waals surface area contributed by atoms with Crippen LogP contribution < -0.4 is 0 Å². The molecule has 3 aromatic rings. The number of thiophene rings is 1. The van der Waals surface area contributed by atoms with Crippen molar-refractivity contribution in [3.8, 4) is 17.4 Å². The van der Waals surface area contributed by atoms with E-state index in [0.717, 1.165) is 24.8 Å². The lowest BCUT2D eigenvalue weighted by atomic mass is 9.72. The first kappa shape index (κ1) is 21.0. The summed E-state index contributed by atoms with van der Waals surface area (Å²) in [6.45, 7) is 6.81. The second-order valence-electron chi connectivity index (χ2n) is 8.84. The zero-order valence-electron chi connectivity index (χ0n) is 17.7. The minimum absolute atomic E-state index is 0.00793. The highest BCUT2D eigenvalue weighted by Crippen LogP contribution is 2.45. The number of hydrogen-bond donors (Lipinski definition) is 0. The van der Waals surface area contributed by atoms with Crippen LogP contribution in [0, 0.1) is 32.8 Å². The van der Waals surface area contributed by atoms with Gasteiger partial charge in [0.15, 0.2) is 0 Å². The number of benzene rings is 1. The van der Waals surface area contributed by atoms with Crippen LogP contribution in [0.25, 0.3) is 11.3 Å². The van der Waals surface area contributed by atoms with Gasteiger partial charge in [-0.25, -0.2) is 4.99 Å². The zero-order chi connectivity index (χ0) is 22.2. The van der Waals surface area contributed by atoms with Crippen molar-refractivity contribution in [2.75, 3.05) is 0 Å². The Hall–Kier alpha value is -3.24. The van der Waals surface area contributed by atoms with Gasteiger partial charge in [0, 0.05) is 10.9 Å². The van der Waals surface area contributed by atoms with Crippen LogP contribution in [-0.4, -0.2) is 11.1 Å². The molecule has 0 radical (unpaired) electrons. The topological polar surface area (TPSA) is 92.4 Å². The van der Waals surface area contributed by atoms with E-state index < -0.39 is 4.92 Å². The highest BCUT2D eigenvalue weighted by atomic mass is 32.1. The molecule has 0 saturated carbocycles. The van der Waals surface area contributed by atoms with Crippen molar-refractivity contribution >= 4 is 28.2 Å². The lowest BCUT2D eigenvalue weighted by Gasteiger charge is -2.33.